The van der Waals surface area contributed by atoms with Crippen molar-refractivity contribution in [3.05, 3.63) is 0 Å². The van der Waals surface area contributed by atoms with E-state index < -0.39 is 0 Å². The van der Waals surface area contributed by atoms with Crippen molar-refractivity contribution in [3.8, 4) is 0 Å². The summed E-state index contributed by atoms with van der Waals surface area (Å²) in [7, 11) is 0. The molecule has 76 valence electrons. The molecule has 2 N–H and O–H groups in total. The number of amidine groups is 2. The van der Waals surface area contributed by atoms with E-state index in [1.165, 1.54) is 37.4 Å². The largest absolute Gasteiger partial charge is 0.354 e. The molecule has 14 heavy (non-hydrogen) atoms. The monoisotopic (exact) mass is 192 g/mol. The normalized spacial score (nSPS) is 35.4. The summed E-state index contributed by atoms with van der Waals surface area (Å²) >= 11 is 0. The number of rotatable bonds is 2. The van der Waals surface area contributed by atoms with Gasteiger partial charge in [-0.1, -0.05) is 12.8 Å². The first kappa shape index (κ1) is 8.26. The molecule has 0 radical (unpaired) electrons. The van der Waals surface area contributed by atoms with E-state index in [9.17, 15) is 0 Å². The number of hydrogen-bond acceptors (Lipinski definition) is 4. The lowest BCUT2D eigenvalue weighted by Gasteiger charge is -2.37. The maximum Gasteiger partial charge on any atom is 0.110 e. The Balaban J connectivity index is 1.77. The summed E-state index contributed by atoms with van der Waals surface area (Å²) in [4.78, 5) is 8.81. The molecule has 2 aliphatic heterocycles. The van der Waals surface area contributed by atoms with E-state index >= 15 is 0 Å². The van der Waals surface area contributed by atoms with Gasteiger partial charge in [0.05, 0.1) is 0 Å². The molecular formula is C10H16N4. The summed E-state index contributed by atoms with van der Waals surface area (Å²) in [6, 6.07) is 0. The highest BCUT2D eigenvalue weighted by Gasteiger charge is 2.35. The van der Waals surface area contributed by atoms with Gasteiger partial charge in [-0.3, -0.25) is 9.98 Å². The van der Waals surface area contributed by atoms with Crippen LogP contribution in [0.4, 0.5) is 0 Å². The zero-order valence-corrected chi connectivity index (χ0v) is 8.29. The van der Waals surface area contributed by atoms with Crippen LogP contribution in [0.2, 0.25) is 0 Å². The highest BCUT2D eigenvalue weighted by Crippen LogP contribution is 2.33. The number of nitrogens with one attached hydrogen (secondary N) is 2. The molecule has 4 nitrogen and oxygen atoms in total. The second-order valence-electron chi connectivity index (χ2n) is 4.25. The van der Waals surface area contributed by atoms with Crippen molar-refractivity contribution < 1.29 is 0 Å². The highest BCUT2D eigenvalue weighted by molar-refractivity contribution is 5.96. The highest BCUT2D eigenvalue weighted by atomic mass is 15.2. The molecule has 4 heteroatoms. The quantitative estimate of drug-likeness (QED) is 0.677. The van der Waals surface area contributed by atoms with E-state index in [4.69, 9.17) is 0 Å². The average molecular weight is 192 g/mol. The van der Waals surface area contributed by atoms with Crippen LogP contribution in [-0.4, -0.2) is 25.0 Å². The van der Waals surface area contributed by atoms with Crippen LogP contribution in [0.1, 0.15) is 25.7 Å². The summed E-state index contributed by atoms with van der Waals surface area (Å²) < 4.78 is 0. The van der Waals surface area contributed by atoms with Crippen molar-refractivity contribution in [2.24, 2.45) is 21.8 Å². The van der Waals surface area contributed by atoms with Gasteiger partial charge in [0, 0.05) is 11.8 Å². The Labute approximate surface area is 83.9 Å². The Hall–Kier alpha value is -1.06. The Morgan fingerprint density at radius 3 is 1.57 bits per heavy atom. The van der Waals surface area contributed by atoms with Crippen molar-refractivity contribution in [1.82, 2.24) is 10.6 Å². The predicted octanol–water partition coefficient (Wildman–Crippen LogP) is 0.711. The molecule has 1 aliphatic carbocycles. The fourth-order valence-electron chi connectivity index (χ4n) is 2.62. The Morgan fingerprint density at radius 1 is 0.857 bits per heavy atom. The molecule has 0 bridgehead atoms. The lowest BCUT2D eigenvalue weighted by atomic mass is 9.77. The molecule has 0 spiro atoms. The minimum Gasteiger partial charge on any atom is -0.354 e. The van der Waals surface area contributed by atoms with Crippen LogP contribution in [0, 0.1) is 11.8 Å². The summed E-state index contributed by atoms with van der Waals surface area (Å²) in [5, 5.41) is 6.63. The summed E-state index contributed by atoms with van der Waals surface area (Å²) in [5.74, 6) is 3.69. The molecule has 1 fully saturated rings. The van der Waals surface area contributed by atoms with E-state index in [0.29, 0.717) is 11.8 Å². The Bertz CT molecular complexity index is 264. The van der Waals surface area contributed by atoms with Crippen LogP contribution in [0.5, 0.6) is 0 Å². The van der Waals surface area contributed by atoms with Gasteiger partial charge in [0.1, 0.15) is 25.0 Å². The molecule has 0 saturated heterocycles. The zero-order chi connectivity index (χ0) is 9.38. The van der Waals surface area contributed by atoms with Gasteiger partial charge in [-0.2, -0.15) is 0 Å². The van der Waals surface area contributed by atoms with Gasteiger partial charge in [0.2, 0.25) is 0 Å². The fraction of sp³-hybridized carbons (Fsp3) is 0.800. The topological polar surface area (TPSA) is 48.8 Å². The average Bonchev–Trinajstić information content (AvgIpc) is 2.01. The van der Waals surface area contributed by atoms with Gasteiger partial charge >= 0.3 is 0 Å². The first-order valence-corrected chi connectivity index (χ1v) is 5.51. The standard InChI is InChI=1S/C10H16N4/c1-2-4-8(10-13-6-14-10)7(3-1)9-11-5-12-9/h7-8H,1-6H2,(H,11,12)(H,13,14). The van der Waals surface area contributed by atoms with Gasteiger partial charge < -0.3 is 10.6 Å². The molecule has 0 aromatic rings. The van der Waals surface area contributed by atoms with Crippen LogP contribution >= 0.6 is 0 Å². The lowest BCUT2D eigenvalue weighted by molar-refractivity contribution is 0.352. The molecule has 1 saturated carbocycles. The third kappa shape index (κ3) is 1.21. The van der Waals surface area contributed by atoms with Crippen molar-refractivity contribution in [1.29, 1.82) is 0 Å². The first-order chi connectivity index (χ1) is 6.95. The third-order valence-corrected chi connectivity index (χ3v) is 3.49. The molecule has 2 heterocycles. The number of aliphatic imine (C=N–C) groups is 2. The van der Waals surface area contributed by atoms with Crippen molar-refractivity contribution >= 4 is 11.7 Å². The summed E-state index contributed by atoms with van der Waals surface area (Å²) in [6.45, 7) is 1.64. The van der Waals surface area contributed by atoms with Gasteiger partial charge in [0.15, 0.2) is 0 Å². The molecule has 0 aromatic carbocycles. The van der Waals surface area contributed by atoms with E-state index in [-0.39, 0.29) is 0 Å². The maximum absolute atomic E-state index is 4.41. The minimum absolute atomic E-state index is 0.615. The molecule has 2 unspecified atom stereocenters. The van der Waals surface area contributed by atoms with Crippen LogP contribution in [0.15, 0.2) is 9.98 Å². The van der Waals surface area contributed by atoms with Crippen LogP contribution in [-0.2, 0) is 0 Å². The number of hydrogen-bond donors (Lipinski definition) is 2. The second kappa shape index (κ2) is 3.26. The lowest BCUT2D eigenvalue weighted by Crippen LogP contribution is -2.50. The van der Waals surface area contributed by atoms with Crippen molar-refractivity contribution in [3.63, 3.8) is 0 Å². The predicted molar refractivity (Wildman–Crippen MR) is 56.3 cm³/mol. The number of nitrogens with zero attached hydrogens (tertiary/aromatic N) is 2. The molecule has 0 amide bonds. The zero-order valence-electron chi connectivity index (χ0n) is 8.29. The summed E-state index contributed by atoms with van der Waals surface area (Å²) in [5.41, 5.74) is 0. The van der Waals surface area contributed by atoms with E-state index in [0.717, 1.165) is 13.3 Å². The molecule has 0 aromatic heterocycles. The Morgan fingerprint density at radius 2 is 1.29 bits per heavy atom. The van der Waals surface area contributed by atoms with Crippen LogP contribution in [0.3, 0.4) is 0 Å². The third-order valence-electron chi connectivity index (χ3n) is 3.49. The van der Waals surface area contributed by atoms with E-state index in [2.05, 4.69) is 20.6 Å². The van der Waals surface area contributed by atoms with Gasteiger partial charge in [-0.15, -0.1) is 0 Å². The van der Waals surface area contributed by atoms with E-state index in [1.54, 1.807) is 0 Å². The minimum atomic E-state index is 0.615. The van der Waals surface area contributed by atoms with Gasteiger partial charge in [-0.25, -0.2) is 0 Å². The van der Waals surface area contributed by atoms with Crippen molar-refractivity contribution in [2.45, 2.75) is 25.7 Å². The molecule has 2 atom stereocenters. The Kier molecular flexibility index (Phi) is 1.92. The fourth-order valence-corrected chi connectivity index (χ4v) is 2.62. The van der Waals surface area contributed by atoms with Crippen LogP contribution in [0.25, 0.3) is 0 Å². The summed E-state index contributed by atoms with van der Waals surface area (Å²) in [6.07, 6.45) is 5.23. The van der Waals surface area contributed by atoms with Crippen LogP contribution < -0.4 is 10.6 Å². The smallest absolute Gasteiger partial charge is 0.110 e. The SMILES string of the molecule is C1CCC(C2=NCN2)C(C2=NCN2)C1. The first-order valence-electron chi connectivity index (χ1n) is 5.51. The molecular weight excluding hydrogens is 176 g/mol. The second-order valence-corrected chi connectivity index (χ2v) is 4.25. The van der Waals surface area contributed by atoms with Gasteiger partial charge in [-0.05, 0) is 12.8 Å². The van der Waals surface area contributed by atoms with Crippen molar-refractivity contribution in [2.75, 3.05) is 13.3 Å². The molecule has 3 rings (SSSR count). The van der Waals surface area contributed by atoms with Gasteiger partial charge in [0.25, 0.3) is 0 Å². The maximum atomic E-state index is 4.41. The molecule has 3 aliphatic rings. The van der Waals surface area contributed by atoms with E-state index in [1.807, 2.05) is 0 Å².